The molecule has 34 heavy (non-hydrogen) atoms. The summed E-state index contributed by atoms with van der Waals surface area (Å²) in [5.41, 5.74) is 1.79. The van der Waals surface area contributed by atoms with Gasteiger partial charge < -0.3 is 9.80 Å². The number of amides is 2. The van der Waals surface area contributed by atoms with Crippen LogP contribution in [0.2, 0.25) is 0 Å². The van der Waals surface area contributed by atoms with E-state index < -0.39 is 0 Å². The van der Waals surface area contributed by atoms with E-state index >= 15 is 0 Å². The first-order chi connectivity index (χ1) is 16.6. The minimum absolute atomic E-state index is 0.127. The van der Waals surface area contributed by atoms with Gasteiger partial charge in [0.2, 0.25) is 5.91 Å². The fourth-order valence-electron chi connectivity index (χ4n) is 5.19. The maximum absolute atomic E-state index is 13.3. The Morgan fingerprint density at radius 3 is 2.35 bits per heavy atom. The molecule has 2 heterocycles. The van der Waals surface area contributed by atoms with Crippen LogP contribution < -0.4 is 0 Å². The quantitative estimate of drug-likeness (QED) is 0.588. The minimum Gasteiger partial charge on any atom is -0.340 e. The molecule has 2 aliphatic heterocycles. The van der Waals surface area contributed by atoms with Gasteiger partial charge in [-0.15, -0.1) is 0 Å². The lowest BCUT2D eigenvalue weighted by atomic mass is 9.95. The molecule has 0 aliphatic carbocycles. The lowest BCUT2D eigenvalue weighted by Gasteiger charge is -2.39. The first kappa shape index (κ1) is 22.5. The molecule has 0 bridgehead atoms. The van der Waals surface area contributed by atoms with Crippen LogP contribution in [0.1, 0.15) is 28.8 Å². The highest BCUT2D eigenvalue weighted by Crippen LogP contribution is 2.23. The lowest BCUT2D eigenvalue weighted by molar-refractivity contribution is -0.138. The molecule has 2 amide bonds. The van der Waals surface area contributed by atoms with Crippen molar-refractivity contribution >= 4 is 22.6 Å². The standard InChI is InChI=1S/C28H30FN3O2/c29-25-12-10-22(11-13-25)27(33)32-14-4-8-24(20-32)28(34)31-17-15-30(16-18-31)19-23-7-3-6-21-5-1-2-9-26(21)23/h1-3,5-7,9-13,24H,4,8,14-20H2/t24-/m0/s1. The predicted octanol–water partition coefficient (Wildman–Crippen LogP) is 4.18. The number of benzene rings is 3. The summed E-state index contributed by atoms with van der Waals surface area (Å²) in [4.78, 5) is 32.2. The zero-order valence-corrected chi connectivity index (χ0v) is 19.3. The maximum Gasteiger partial charge on any atom is 0.253 e. The summed E-state index contributed by atoms with van der Waals surface area (Å²) in [6.07, 6.45) is 1.62. The molecule has 176 valence electrons. The van der Waals surface area contributed by atoms with E-state index in [0.717, 1.165) is 32.5 Å². The highest BCUT2D eigenvalue weighted by atomic mass is 19.1. The summed E-state index contributed by atoms with van der Waals surface area (Å²) >= 11 is 0. The minimum atomic E-state index is -0.358. The van der Waals surface area contributed by atoms with Crippen LogP contribution in [0.3, 0.4) is 0 Å². The van der Waals surface area contributed by atoms with Gasteiger partial charge in [-0.1, -0.05) is 42.5 Å². The van der Waals surface area contributed by atoms with Crippen LogP contribution in [0.15, 0.2) is 66.7 Å². The van der Waals surface area contributed by atoms with E-state index in [-0.39, 0.29) is 23.5 Å². The van der Waals surface area contributed by atoms with Crippen LogP contribution in [0.25, 0.3) is 10.8 Å². The number of piperazine rings is 1. The zero-order valence-electron chi connectivity index (χ0n) is 19.3. The Labute approximate surface area is 199 Å². The second-order valence-corrected chi connectivity index (χ2v) is 9.34. The van der Waals surface area contributed by atoms with Gasteiger partial charge in [0.25, 0.3) is 5.91 Å². The van der Waals surface area contributed by atoms with Crippen molar-refractivity contribution in [1.82, 2.24) is 14.7 Å². The Kier molecular flexibility index (Phi) is 6.59. The number of carbonyl (C=O) groups excluding carboxylic acids is 2. The molecule has 0 spiro atoms. The van der Waals surface area contributed by atoms with Gasteiger partial charge in [-0.3, -0.25) is 14.5 Å². The molecule has 2 aliphatic rings. The Bertz CT molecular complexity index is 1170. The normalized spacial score (nSPS) is 19.4. The fourth-order valence-corrected chi connectivity index (χ4v) is 5.19. The molecule has 0 radical (unpaired) electrons. The van der Waals surface area contributed by atoms with E-state index in [1.807, 2.05) is 4.90 Å². The molecule has 0 saturated carbocycles. The maximum atomic E-state index is 13.3. The van der Waals surface area contributed by atoms with Crippen LogP contribution in [0.4, 0.5) is 4.39 Å². The second-order valence-electron chi connectivity index (χ2n) is 9.34. The third kappa shape index (κ3) is 4.82. The molecule has 3 aromatic carbocycles. The van der Waals surface area contributed by atoms with E-state index in [1.165, 1.54) is 40.6 Å². The van der Waals surface area contributed by atoms with E-state index in [9.17, 15) is 14.0 Å². The Morgan fingerprint density at radius 1 is 0.824 bits per heavy atom. The molecule has 6 heteroatoms. The topological polar surface area (TPSA) is 43.9 Å². The average Bonchev–Trinajstić information content (AvgIpc) is 2.89. The molecule has 2 saturated heterocycles. The number of piperidine rings is 1. The molecule has 0 aromatic heterocycles. The number of rotatable bonds is 4. The molecular formula is C28H30FN3O2. The van der Waals surface area contributed by atoms with Crippen LogP contribution >= 0.6 is 0 Å². The van der Waals surface area contributed by atoms with Gasteiger partial charge in [-0.2, -0.15) is 0 Å². The van der Waals surface area contributed by atoms with Crippen molar-refractivity contribution in [2.75, 3.05) is 39.3 Å². The second kappa shape index (κ2) is 9.94. The number of carbonyl (C=O) groups is 2. The summed E-state index contributed by atoms with van der Waals surface area (Å²) < 4.78 is 13.2. The highest BCUT2D eigenvalue weighted by molar-refractivity contribution is 5.94. The van der Waals surface area contributed by atoms with Gasteiger partial charge in [-0.05, 0) is 53.4 Å². The number of likely N-dealkylation sites (tertiary alicyclic amines) is 1. The molecule has 0 N–H and O–H groups in total. The van der Waals surface area contributed by atoms with Crippen molar-refractivity contribution in [2.24, 2.45) is 5.92 Å². The Hall–Kier alpha value is -3.25. The SMILES string of the molecule is O=C(c1ccc(F)cc1)N1CCC[C@H](C(=O)N2CCN(Cc3cccc4ccccc34)CC2)C1. The van der Waals surface area contributed by atoms with Gasteiger partial charge in [0.15, 0.2) is 0 Å². The number of nitrogens with zero attached hydrogens (tertiary/aromatic N) is 3. The number of fused-ring (bicyclic) bond motifs is 1. The zero-order chi connectivity index (χ0) is 23.5. The first-order valence-electron chi connectivity index (χ1n) is 12.1. The summed E-state index contributed by atoms with van der Waals surface area (Å²) in [6.45, 7) is 5.08. The van der Waals surface area contributed by atoms with Crippen molar-refractivity contribution in [3.63, 3.8) is 0 Å². The van der Waals surface area contributed by atoms with Crippen molar-refractivity contribution in [3.8, 4) is 0 Å². The Morgan fingerprint density at radius 2 is 1.56 bits per heavy atom. The largest absolute Gasteiger partial charge is 0.340 e. The third-order valence-electron chi connectivity index (χ3n) is 7.11. The molecule has 1 atom stereocenters. The van der Waals surface area contributed by atoms with Crippen molar-refractivity contribution in [2.45, 2.75) is 19.4 Å². The molecule has 3 aromatic rings. The fraction of sp³-hybridized carbons (Fsp3) is 0.357. The lowest BCUT2D eigenvalue weighted by Crippen LogP contribution is -2.52. The van der Waals surface area contributed by atoms with Crippen LogP contribution in [0, 0.1) is 11.7 Å². The molecule has 2 fully saturated rings. The smallest absolute Gasteiger partial charge is 0.253 e. The number of hydrogen-bond acceptors (Lipinski definition) is 3. The van der Waals surface area contributed by atoms with Crippen molar-refractivity contribution in [3.05, 3.63) is 83.7 Å². The summed E-state index contributed by atoms with van der Waals surface area (Å²) in [6, 6.07) is 20.5. The average molecular weight is 460 g/mol. The van der Waals surface area contributed by atoms with E-state index in [1.54, 1.807) is 4.90 Å². The molecule has 5 nitrogen and oxygen atoms in total. The predicted molar refractivity (Wildman–Crippen MR) is 131 cm³/mol. The van der Waals surface area contributed by atoms with Crippen LogP contribution in [0.5, 0.6) is 0 Å². The highest BCUT2D eigenvalue weighted by Gasteiger charge is 2.33. The summed E-state index contributed by atoms with van der Waals surface area (Å²) in [5, 5.41) is 2.54. The van der Waals surface area contributed by atoms with Gasteiger partial charge in [0.1, 0.15) is 5.82 Å². The van der Waals surface area contributed by atoms with Crippen molar-refractivity contribution < 1.29 is 14.0 Å². The van der Waals surface area contributed by atoms with E-state index in [0.29, 0.717) is 31.7 Å². The van der Waals surface area contributed by atoms with Gasteiger partial charge in [0, 0.05) is 51.4 Å². The van der Waals surface area contributed by atoms with Gasteiger partial charge in [-0.25, -0.2) is 4.39 Å². The van der Waals surface area contributed by atoms with Crippen LogP contribution in [-0.4, -0.2) is 65.8 Å². The number of hydrogen-bond donors (Lipinski definition) is 0. The monoisotopic (exact) mass is 459 g/mol. The molecular weight excluding hydrogens is 429 g/mol. The molecule has 5 rings (SSSR count). The molecule has 0 unspecified atom stereocenters. The van der Waals surface area contributed by atoms with Gasteiger partial charge in [0.05, 0.1) is 5.92 Å². The van der Waals surface area contributed by atoms with Gasteiger partial charge >= 0.3 is 0 Å². The van der Waals surface area contributed by atoms with E-state index in [4.69, 9.17) is 0 Å². The first-order valence-corrected chi connectivity index (χ1v) is 12.1. The number of halogens is 1. The van der Waals surface area contributed by atoms with E-state index in [2.05, 4.69) is 47.4 Å². The third-order valence-corrected chi connectivity index (χ3v) is 7.11. The Balaban J connectivity index is 1.17. The van der Waals surface area contributed by atoms with Crippen molar-refractivity contribution in [1.29, 1.82) is 0 Å². The van der Waals surface area contributed by atoms with Crippen LogP contribution in [-0.2, 0) is 11.3 Å². The summed E-state index contributed by atoms with van der Waals surface area (Å²) in [5.74, 6) is -0.496. The summed E-state index contributed by atoms with van der Waals surface area (Å²) in [7, 11) is 0.